The van der Waals surface area contributed by atoms with E-state index >= 15 is 0 Å². The molecule has 2 rings (SSSR count). The second kappa shape index (κ2) is 7.32. The van der Waals surface area contributed by atoms with Gasteiger partial charge in [-0.2, -0.15) is 13.2 Å². The zero-order valence-corrected chi connectivity index (χ0v) is 13.7. The Morgan fingerprint density at radius 1 is 1.38 bits per heavy atom. The van der Waals surface area contributed by atoms with Gasteiger partial charge in [0.05, 0.1) is 11.8 Å². The number of likely N-dealkylation sites (tertiary alicyclic amines) is 1. The van der Waals surface area contributed by atoms with E-state index in [-0.39, 0.29) is 5.13 Å². The zero-order chi connectivity index (χ0) is 17.9. The number of amides is 2. The van der Waals surface area contributed by atoms with Crippen molar-refractivity contribution in [1.82, 2.24) is 15.1 Å². The molecule has 1 aliphatic rings. The number of unbranched alkanes of at least 4 members (excludes halogenated alkanes) is 1. The minimum absolute atomic E-state index is 0.188. The summed E-state index contributed by atoms with van der Waals surface area (Å²) < 4.78 is 38.7. The van der Waals surface area contributed by atoms with Crippen molar-refractivity contribution in [1.29, 1.82) is 0 Å². The molecule has 134 valence electrons. The lowest BCUT2D eigenvalue weighted by Gasteiger charge is -2.18. The quantitative estimate of drug-likeness (QED) is 0.835. The molecule has 11 heteroatoms. The number of urea groups is 1. The fraction of sp³-hybridized carbons (Fsp3) is 0.692. The van der Waals surface area contributed by atoms with Crippen molar-refractivity contribution in [2.75, 3.05) is 18.4 Å². The number of carboxylic acids is 1. The Morgan fingerprint density at radius 2 is 2.08 bits per heavy atom. The Kier molecular flexibility index (Phi) is 5.62. The number of aromatic nitrogens is 2. The minimum Gasteiger partial charge on any atom is -0.481 e. The van der Waals surface area contributed by atoms with Gasteiger partial charge in [0.2, 0.25) is 5.13 Å². The number of carboxylic acid groups (broad SMARTS) is 1. The molecule has 2 N–H and O–H groups in total. The van der Waals surface area contributed by atoms with Gasteiger partial charge in [0.25, 0.3) is 0 Å². The Hall–Kier alpha value is -1.91. The van der Waals surface area contributed by atoms with E-state index in [4.69, 9.17) is 5.11 Å². The van der Waals surface area contributed by atoms with Crippen LogP contribution in [0.15, 0.2) is 0 Å². The number of anilines is 1. The fourth-order valence-electron chi connectivity index (χ4n) is 2.46. The molecule has 0 saturated carbocycles. The molecule has 2 amide bonds. The van der Waals surface area contributed by atoms with Crippen LogP contribution in [0.2, 0.25) is 0 Å². The first-order valence-electron chi connectivity index (χ1n) is 7.40. The lowest BCUT2D eigenvalue weighted by Crippen LogP contribution is -2.35. The molecular formula is C13H17F3N4O3S. The molecule has 0 unspecified atom stereocenters. The number of hydrogen-bond donors (Lipinski definition) is 2. The number of nitrogens with one attached hydrogen (secondary N) is 1. The largest absolute Gasteiger partial charge is 0.481 e. The van der Waals surface area contributed by atoms with Crippen molar-refractivity contribution in [3.8, 4) is 0 Å². The van der Waals surface area contributed by atoms with Crippen LogP contribution in [-0.2, 0) is 11.2 Å². The molecule has 0 bridgehead atoms. The number of aryl methyl sites for hydroxylation is 1. The van der Waals surface area contributed by atoms with E-state index in [2.05, 4.69) is 15.5 Å². The third kappa shape index (κ3) is 4.34. The molecule has 1 aromatic heterocycles. The number of carbonyl (C=O) groups excluding carboxylic acids is 1. The topological polar surface area (TPSA) is 95.4 Å². The molecule has 0 spiro atoms. The number of hydrogen-bond acceptors (Lipinski definition) is 5. The lowest BCUT2D eigenvalue weighted by molar-refractivity contribution is -0.187. The van der Waals surface area contributed by atoms with Crippen LogP contribution < -0.4 is 5.32 Å². The van der Waals surface area contributed by atoms with Crippen LogP contribution in [-0.4, -0.2) is 51.5 Å². The van der Waals surface area contributed by atoms with Crippen LogP contribution in [0.5, 0.6) is 0 Å². The maximum atomic E-state index is 12.9. The van der Waals surface area contributed by atoms with Crippen LogP contribution in [0, 0.1) is 11.8 Å². The van der Waals surface area contributed by atoms with Gasteiger partial charge in [-0.25, -0.2) is 4.79 Å². The van der Waals surface area contributed by atoms with Crippen molar-refractivity contribution < 1.29 is 27.9 Å². The van der Waals surface area contributed by atoms with Crippen LogP contribution in [0.1, 0.15) is 24.8 Å². The molecular weight excluding hydrogens is 349 g/mol. The Morgan fingerprint density at radius 3 is 2.62 bits per heavy atom. The van der Waals surface area contributed by atoms with Crippen molar-refractivity contribution in [2.24, 2.45) is 11.8 Å². The summed E-state index contributed by atoms with van der Waals surface area (Å²) in [7, 11) is 0. The average molecular weight is 366 g/mol. The van der Waals surface area contributed by atoms with Crippen molar-refractivity contribution in [3.63, 3.8) is 0 Å². The number of nitrogens with zero attached hydrogens (tertiary/aromatic N) is 3. The highest BCUT2D eigenvalue weighted by Gasteiger charge is 2.53. The molecule has 2 heterocycles. The van der Waals surface area contributed by atoms with E-state index in [0.29, 0.717) is 6.42 Å². The third-order valence-corrected chi connectivity index (χ3v) is 4.67. The van der Waals surface area contributed by atoms with E-state index in [0.717, 1.165) is 34.1 Å². The summed E-state index contributed by atoms with van der Waals surface area (Å²) in [4.78, 5) is 23.9. The van der Waals surface area contributed by atoms with E-state index in [1.54, 1.807) is 0 Å². The van der Waals surface area contributed by atoms with E-state index in [1.807, 2.05) is 6.92 Å². The molecule has 0 aromatic carbocycles. The van der Waals surface area contributed by atoms with Gasteiger partial charge in [0.15, 0.2) is 0 Å². The number of aliphatic carboxylic acids is 1. The first-order chi connectivity index (χ1) is 11.2. The maximum Gasteiger partial charge on any atom is 0.394 e. The summed E-state index contributed by atoms with van der Waals surface area (Å²) in [5.41, 5.74) is 0. The van der Waals surface area contributed by atoms with Gasteiger partial charge in [-0.3, -0.25) is 10.1 Å². The van der Waals surface area contributed by atoms with E-state index in [9.17, 15) is 22.8 Å². The average Bonchev–Trinajstić information content (AvgIpc) is 3.11. The highest BCUT2D eigenvalue weighted by atomic mass is 32.1. The second-order valence-electron chi connectivity index (χ2n) is 5.53. The summed E-state index contributed by atoms with van der Waals surface area (Å²) in [6.45, 7) is 0.841. The predicted molar refractivity (Wildman–Crippen MR) is 79.8 cm³/mol. The standard InChI is InChI=1S/C13H17F3N4O3S/c1-2-3-4-9-18-19-11(24-9)17-12(23)20-5-7(10(21)22)8(6-20)13(14,15)16/h7-8H,2-6H2,1H3,(H,21,22)(H,17,19,23)/t7-,8-/m1/s1. The maximum absolute atomic E-state index is 12.9. The van der Waals surface area contributed by atoms with Crippen LogP contribution in [0.3, 0.4) is 0 Å². The van der Waals surface area contributed by atoms with Crippen LogP contribution in [0.25, 0.3) is 0 Å². The van der Waals surface area contributed by atoms with E-state index < -0.39 is 43.1 Å². The van der Waals surface area contributed by atoms with Crippen molar-refractivity contribution in [3.05, 3.63) is 5.01 Å². The van der Waals surface area contributed by atoms with E-state index in [1.165, 1.54) is 0 Å². The highest BCUT2D eigenvalue weighted by molar-refractivity contribution is 7.15. The molecule has 0 aliphatic carbocycles. The minimum atomic E-state index is -4.67. The monoisotopic (exact) mass is 366 g/mol. The first-order valence-corrected chi connectivity index (χ1v) is 8.21. The second-order valence-corrected chi connectivity index (χ2v) is 6.59. The highest BCUT2D eigenvalue weighted by Crippen LogP contribution is 2.37. The number of carbonyl (C=O) groups is 2. The molecule has 2 atom stereocenters. The Bertz CT molecular complexity index is 608. The Labute approximate surface area is 139 Å². The molecule has 1 saturated heterocycles. The Balaban J connectivity index is 2.00. The predicted octanol–water partition coefficient (Wildman–Crippen LogP) is 2.61. The van der Waals surface area contributed by atoms with Gasteiger partial charge in [0.1, 0.15) is 5.01 Å². The summed E-state index contributed by atoms with van der Waals surface area (Å²) in [5, 5.41) is 19.9. The smallest absolute Gasteiger partial charge is 0.394 e. The zero-order valence-electron chi connectivity index (χ0n) is 12.8. The molecule has 1 fully saturated rings. The first kappa shape index (κ1) is 18.4. The fourth-order valence-corrected chi connectivity index (χ4v) is 3.23. The molecule has 24 heavy (non-hydrogen) atoms. The van der Waals surface area contributed by atoms with Gasteiger partial charge < -0.3 is 10.0 Å². The third-order valence-electron chi connectivity index (χ3n) is 3.77. The number of halogens is 3. The van der Waals surface area contributed by atoms with Crippen molar-refractivity contribution in [2.45, 2.75) is 32.4 Å². The number of rotatable bonds is 5. The lowest BCUT2D eigenvalue weighted by atomic mass is 9.96. The number of alkyl halides is 3. The summed E-state index contributed by atoms with van der Waals surface area (Å²) in [5.74, 6) is -5.30. The molecule has 7 nitrogen and oxygen atoms in total. The van der Waals surface area contributed by atoms with Gasteiger partial charge in [0, 0.05) is 19.5 Å². The van der Waals surface area contributed by atoms with Gasteiger partial charge in [-0.05, 0) is 6.42 Å². The van der Waals surface area contributed by atoms with Gasteiger partial charge in [-0.15, -0.1) is 10.2 Å². The molecule has 0 radical (unpaired) electrons. The summed E-state index contributed by atoms with van der Waals surface area (Å²) >= 11 is 1.15. The SMILES string of the molecule is CCCCc1nnc(NC(=O)N2C[C@@H](C(F)(F)F)[C@H](C(=O)O)C2)s1. The van der Waals surface area contributed by atoms with Crippen molar-refractivity contribution >= 4 is 28.5 Å². The van der Waals surface area contributed by atoms with Gasteiger partial charge in [-0.1, -0.05) is 24.7 Å². The molecule has 1 aromatic rings. The van der Waals surface area contributed by atoms with Crippen LogP contribution >= 0.6 is 11.3 Å². The normalized spacial score (nSPS) is 21.1. The summed E-state index contributed by atoms with van der Waals surface area (Å²) in [6.07, 6.45) is -2.06. The molecule has 1 aliphatic heterocycles. The summed E-state index contributed by atoms with van der Waals surface area (Å²) in [6, 6.07) is -0.800. The van der Waals surface area contributed by atoms with Gasteiger partial charge >= 0.3 is 18.2 Å². The van der Waals surface area contributed by atoms with Crippen LogP contribution in [0.4, 0.5) is 23.1 Å².